The van der Waals surface area contributed by atoms with Gasteiger partial charge in [-0.1, -0.05) is 188 Å². The van der Waals surface area contributed by atoms with Gasteiger partial charge in [0.2, 0.25) is 0 Å². The zero-order chi connectivity index (χ0) is 41.7. The van der Waals surface area contributed by atoms with E-state index in [2.05, 4.69) is 252 Å². The lowest BCUT2D eigenvalue weighted by atomic mass is 9.99. The molecule has 0 aliphatic heterocycles. The molecule has 0 N–H and O–H groups in total. The van der Waals surface area contributed by atoms with Crippen LogP contribution in [0.25, 0.3) is 93.9 Å². The molecule has 0 saturated carbocycles. The van der Waals surface area contributed by atoms with E-state index in [1.165, 1.54) is 32.9 Å². The average Bonchev–Trinajstić information content (AvgIpc) is 3.92. The Morgan fingerprint density at radius 2 is 0.714 bits per heavy atom. The smallest absolute Gasteiger partial charge is 0.143 e. The number of fused-ring (bicyclic) bond motifs is 6. The van der Waals surface area contributed by atoms with Crippen LogP contribution in [0, 0.1) is 0 Å². The molecule has 63 heavy (non-hydrogen) atoms. The molecule has 0 atom stereocenters. The number of nitrogens with zero attached hydrogens (tertiary/aromatic N) is 2. The fraction of sp³-hybridized carbons (Fsp3) is 0. The van der Waals surface area contributed by atoms with Crippen LogP contribution in [0.15, 0.2) is 247 Å². The lowest BCUT2D eigenvalue weighted by Crippen LogP contribution is -2.10. The predicted octanol–water partition coefficient (Wildman–Crippen LogP) is 16.8. The van der Waals surface area contributed by atoms with Gasteiger partial charge in [0.1, 0.15) is 11.2 Å². The van der Waals surface area contributed by atoms with Crippen molar-refractivity contribution >= 4 is 60.8 Å². The fourth-order valence-electron chi connectivity index (χ4n) is 9.47. The minimum absolute atomic E-state index is 0.896. The third kappa shape index (κ3) is 6.29. The maximum absolute atomic E-state index is 6.80. The van der Waals surface area contributed by atoms with Crippen molar-refractivity contribution in [3.8, 4) is 50.2 Å². The van der Waals surface area contributed by atoms with Gasteiger partial charge in [0.15, 0.2) is 0 Å². The number of para-hydroxylation sites is 5. The second-order valence-corrected chi connectivity index (χ2v) is 16.1. The van der Waals surface area contributed by atoms with Crippen molar-refractivity contribution in [2.24, 2.45) is 0 Å². The standard InChI is InChI=1S/C60H40N2O/c1-3-16-41(17-4-1)45-20-13-21-48(40-45)61(46-36-32-43(33-37-46)49-22-7-10-29-56(49)62-57-30-11-8-23-52(57)53-24-9-12-31-58(53)62)47-38-34-44(35-39-47)51-26-15-28-55-54-27-14-25-50(59(54)63-60(51)55)42-18-5-2-6-19-42/h1-40H. The van der Waals surface area contributed by atoms with Crippen LogP contribution in [-0.2, 0) is 0 Å². The van der Waals surface area contributed by atoms with E-state index >= 15 is 0 Å². The van der Waals surface area contributed by atoms with Gasteiger partial charge >= 0.3 is 0 Å². The maximum Gasteiger partial charge on any atom is 0.143 e. The highest BCUT2D eigenvalue weighted by Gasteiger charge is 2.19. The first-order chi connectivity index (χ1) is 31.3. The van der Waals surface area contributed by atoms with Crippen LogP contribution in [0.1, 0.15) is 0 Å². The molecular weight excluding hydrogens is 765 g/mol. The molecule has 0 radical (unpaired) electrons. The summed E-state index contributed by atoms with van der Waals surface area (Å²) in [5, 5.41) is 4.74. The molecule has 0 aliphatic rings. The molecule has 3 nitrogen and oxygen atoms in total. The van der Waals surface area contributed by atoms with Crippen LogP contribution in [0.2, 0.25) is 0 Å². The zero-order valence-electron chi connectivity index (χ0n) is 34.4. The quantitative estimate of drug-likeness (QED) is 0.153. The Balaban J connectivity index is 0.958. The number of hydrogen-bond donors (Lipinski definition) is 0. The fourth-order valence-corrected chi connectivity index (χ4v) is 9.47. The first-order valence-electron chi connectivity index (χ1n) is 21.5. The van der Waals surface area contributed by atoms with Gasteiger partial charge in [-0.25, -0.2) is 0 Å². The summed E-state index contributed by atoms with van der Waals surface area (Å²) in [6, 6.07) is 86.9. The van der Waals surface area contributed by atoms with Crippen LogP contribution in [0.3, 0.4) is 0 Å². The molecule has 0 spiro atoms. The van der Waals surface area contributed by atoms with E-state index in [0.717, 1.165) is 78.1 Å². The number of aromatic nitrogens is 1. The van der Waals surface area contributed by atoms with E-state index < -0.39 is 0 Å². The lowest BCUT2D eigenvalue weighted by Gasteiger charge is -2.26. The summed E-state index contributed by atoms with van der Waals surface area (Å²) in [4.78, 5) is 2.35. The van der Waals surface area contributed by atoms with Gasteiger partial charge in [0.25, 0.3) is 0 Å². The molecule has 2 heterocycles. The summed E-state index contributed by atoms with van der Waals surface area (Å²) >= 11 is 0. The minimum atomic E-state index is 0.896. The van der Waals surface area contributed by atoms with Crippen molar-refractivity contribution in [3.05, 3.63) is 243 Å². The summed E-state index contributed by atoms with van der Waals surface area (Å²) in [6.07, 6.45) is 0. The Hall–Kier alpha value is -8.40. The Bertz CT molecular complexity index is 3550. The van der Waals surface area contributed by atoms with E-state index in [9.17, 15) is 0 Å². The molecule has 10 aromatic carbocycles. The van der Waals surface area contributed by atoms with E-state index in [0.29, 0.717) is 0 Å². The Kier molecular flexibility index (Phi) is 8.83. The van der Waals surface area contributed by atoms with Gasteiger partial charge in [-0.2, -0.15) is 0 Å². The van der Waals surface area contributed by atoms with Crippen molar-refractivity contribution in [1.82, 2.24) is 4.57 Å². The summed E-state index contributed by atoms with van der Waals surface area (Å²) in [7, 11) is 0. The SMILES string of the molecule is c1ccc(-c2cccc(N(c3ccc(-c4ccccc4-n4c5ccccc5c5ccccc54)cc3)c3ccc(-c4cccc5c4oc4c(-c6ccccc6)cccc45)cc3)c2)cc1. The van der Waals surface area contributed by atoms with Crippen molar-refractivity contribution in [2.45, 2.75) is 0 Å². The maximum atomic E-state index is 6.80. The molecule has 0 bridgehead atoms. The molecule has 12 rings (SSSR count). The first kappa shape index (κ1) is 36.5. The van der Waals surface area contributed by atoms with E-state index in [-0.39, 0.29) is 0 Å². The van der Waals surface area contributed by atoms with Gasteiger partial charge in [0.05, 0.1) is 16.7 Å². The highest BCUT2D eigenvalue weighted by molar-refractivity contribution is 6.13. The second kappa shape index (κ2) is 15.3. The van der Waals surface area contributed by atoms with Gasteiger partial charge in [-0.3, -0.25) is 0 Å². The van der Waals surface area contributed by atoms with Gasteiger partial charge in [0, 0.05) is 55.3 Å². The molecule has 0 amide bonds. The first-order valence-corrected chi connectivity index (χ1v) is 21.5. The van der Waals surface area contributed by atoms with Crippen LogP contribution >= 0.6 is 0 Å². The van der Waals surface area contributed by atoms with Crippen LogP contribution in [0.4, 0.5) is 17.1 Å². The zero-order valence-corrected chi connectivity index (χ0v) is 34.4. The monoisotopic (exact) mass is 804 g/mol. The Morgan fingerprint density at radius 1 is 0.286 bits per heavy atom. The number of furan rings is 1. The average molecular weight is 805 g/mol. The van der Waals surface area contributed by atoms with Crippen molar-refractivity contribution < 1.29 is 4.42 Å². The van der Waals surface area contributed by atoms with E-state index in [1.807, 2.05) is 0 Å². The van der Waals surface area contributed by atoms with Crippen LogP contribution in [0.5, 0.6) is 0 Å². The van der Waals surface area contributed by atoms with Crippen LogP contribution < -0.4 is 4.90 Å². The molecule has 0 saturated heterocycles. The minimum Gasteiger partial charge on any atom is -0.455 e. The number of hydrogen-bond acceptors (Lipinski definition) is 2. The second-order valence-electron chi connectivity index (χ2n) is 16.1. The molecule has 0 fully saturated rings. The Labute approximate surface area is 366 Å². The molecule has 12 aromatic rings. The number of rotatable bonds is 8. The third-order valence-corrected chi connectivity index (χ3v) is 12.4. The summed E-state index contributed by atoms with van der Waals surface area (Å²) in [6.45, 7) is 0. The number of benzene rings is 10. The van der Waals surface area contributed by atoms with E-state index in [1.54, 1.807) is 0 Å². The van der Waals surface area contributed by atoms with Crippen molar-refractivity contribution in [1.29, 1.82) is 0 Å². The van der Waals surface area contributed by atoms with Gasteiger partial charge in [-0.05, 0) is 82.4 Å². The predicted molar refractivity (Wildman–Crippen MR) is 264 cm³/mol. The molecule has 0 unspecified atom stereocenters. The van der Waals surface area contributed by atoms with Gasteiger partial charge in [-0.15, -0.1) is 0 Å². The Morgan fingerprint density at radius 3 is 1.32 bits per heavy atom. The van der Waals surface area contributed by atoms with Crippen molar-refractivity contribution in [3.63, 3.8) is 0 Å². The molecular formula is C60H40N2O. The normalized spacial score (nSPS) is 11.5. The molecule has 296 valence electrons. The summed E-state index contributed by atoms with van der Waals surface area (Å²) < 4.78 is 9.21. The largest absolute Gasteiger partial charge is 0.455 e. The van der Waals surface area contributed by atoms with Crippen LogP contribution in [-0.4, -0.2) is 4.57 Å². The number of anilines is 3. The summed E-state index contributed by atoms with van der Waals surface area (Å²) in [5.74, 6) is 0. The summed E-state index contributed by atoms with van der Waals surface area (Å²) in [5.41, 5.74) is 17.6. The lowest BCUT2D eigenvalue weighted by molar-refractivity contribution is 0.671. The van der Waals surface area contributed by atoms with E-state index in [4.69, 9.17) is 4.42 Å². The third-order valence-electron chi connectivity index (χ3n) is 12.4. The molecule has 0 aliphatic carbocycles. The topological polar surface area (TPSA) is 21.3 Å². The van der Waals surface area contributed by atoms with Gasteiger partial charge < -0.3 is 13.9 Å². The highest BCUT2D eigenvalue weighted by Crippen LogP contribution is 2.43. The molecule has 3 heteroatoms. The highest BCUT2D eigenvalue weighted by atomic mass is 16.3. The molecule has 2 aromatic heterocycles. The van der Waals surface area contributed by atoms with Crippen molar-refractivity contribution in [2.75, 3.05) is 4.90 Å².